The summed E-state index contributed by atoms with van der Waals surface area (Å²) in [5, 5.41) is 1.88. The molecule has 4 aromatic rings. The number of ether oxygens (including phenoxy) is 4. The van der Waals surface area contributed by atoms with E-state index in [1.165, 1.54) is 0 Å². The van der Waals surface area contributed by atoms with Crippen LogP contribution in [0.3, 0.4) is 0 Å². The summed E-state index contributed by atoms with van der Waals surface area (Å²) >= 11 is 0. The van der Waals surface area contributed by atoms with Crippen molar-refractivity contribution < 1.29 is 28.5 Å². The van der Waals surface area contributed by atoms with Gasteiger partial charge >= 0.3 is 11.9 Å². The summed E-state index contributed by atoms with van der Waals surface area (Å²) in [6.45, 7) is 7.43. The zero-order chi connectivity index (χ0) is 24.2. The third kappa shape index (κ3) is 5.33. The number of aromatic amines is 2. The van der Waals surface area contributed by atoms with Gasteiger partial charge in [0.15, 0.2) is 0 Å². The molecule has 2 N–H and O–H groups in total. The Hall–Kier alpha value is -3.94. The third-order valence-electron chi connectivity index (χ3n) is 5.25. The van der Waals surface area contributed by atoms with Crippen molar-refractivity contribution in [3.63, 3.8) is 0 Å². The predicted octanol–water partition coefficient (Wildman–Crippen LogP) is 4.59. The molecule has 2 unspecified atom stereocenters. The highest BCUT2D eigenvalue weighted by atomic mass is 16.6. The summed E-state index contributed by atoms with van der Waals surface area (Å²) in [6, 6.07) is 15.3. The molecule has 2 aromatic heterocycles. The van der Waals surface area contributed by atoms with Crippen LogP contribution in [0, 0.1) is 13.8 Å². The van der Waals surface area contributed by atoms with Crippen LogP contribution in [-0.2, 0) is 19.1 Å². The number of carbonyl (C=O) groups excluding carboxylic acids is 2. The largest absolute Gasteiger partial charge is 0.489 e. The summed E-state index contributed by atoms with van der Waals surface area (Å²) < 4.78 is 22.0. The van der Waals surface area contributed by atoms with E-state index in [2.05, 4.69) is 9.97 Å². The Bertz CT molecular complexity index is 1220. The number of aryl methyl sites for hydroxylation is 2. The van der Waals surface area contributed by atoms with E-state index >= 15 is 0 Å². The molecule has 0 aliphatic carbocycles. The van der Waals surface area contributed by atoms with Crippen molar-refractivity contribution in [1.82, 2.24) is 9.97 Å². The molecule has 34 heavy (non-hydrogen) atoms. The second-order valence-corrected chi connectivity index (χ2v) is 8.39. The summed E-state index contributed by atoms with van der Waals surface area (Å²) in [4.78, 5) is 30.8. The van der Waals surface area contributed by atoms with Crippen molar-refractivity contribution in [2.75, 3.05) is 13.2 Å². The van der Waals surface area contributed by atoms with Gasteiger partial charge in [0.2, 0.25) is 0 Å². The van der Waals surface area contributed by atoms with E-state index in [1.807, 2.05) is 62.4 Å². The average molecular weight is 465 g/mol. The number of H-pyrrole nitrogens is 2. The standard InChI is InChI=1S/C26H28N2O6/c1-15-11-19-21(27-15)7-5-9-23(19)31-13-17(3)33-25(29)26(30)34-18(4)14-32-24-10-6-8-22-20(24)12-16(2)28-22/h5-12,17-18,27-28H,13-14H2,1-4H3. The number of rotatable bonds is 8. The molecular weight excluding hydrogens is 436 g/mol. The lowest BCUT2D eigenvalue weighted by Crippen LogP contribution is -2.31. The van der Waals surface area contributed by atoms with E-state index in [-0.39, 0.29) is 13.2 Å². The van der Waals surface area contributed by atoms with Crippen LogP contribution < -0.4 is 9.47 Å². The maximum Gasteiger partial charge on any atom is 0.417 e. The lowest BCUT2D eigenvalue weighted by Gasteiger charge is -2.17. The van der Waals surface area contributed by atoms with Crippen molar-refractivity contribution >= 4 is 33.7 Å². The number of esters is 2. The minimum atomic E-state index is -1.07. The van der Waals surface area contributed by atoms with Crippen LogP contribution in [0.2, 0.25) is 0 Å². The number of benzene rings is 2. The highest BCUT2D eigenvalue weighted by molar-refractivity contribution is 6.29. The molecule has 0 aliphatic heterocycles. The summed E-state index contributed by atoms with van der Waals surface area (Å²) in [5.41, 5.74) is 3.96. The highest BCUT2D eigenvalue weighted by Crippen LogP contribution is 2.27. The fourth-order valence-electron chi connectivity index (χ4n) is 3.73. The van der Waals surface area contributed by atoms with Crippen molar-refractivity contribution in [3.8, 4) is 11.5 Å². The van der Waals surface area contributed by atoms with E-state index in [0.717, 1.165) is 33.2 Å². The quantitative estimate of drug-likeness (QED) is 0.292. The van der Waals surface area contributed by atoms with E-state index in [4.69, 9.17) is 18.9 Å². The van der Waals surface area contributed by atoms with Gasteiger partial charge in [0.25, 0.3) is 0 Å². The minimum absolute atomic E-state index is 0.0983. The SMILES string of the molecule is Cc1cc2c(OCC(C)OC(=O)C(=O)OC(C)COc3cccc4[nH]c(C)cc34)cccc2[nH]1. The Labute approximate surface area is 197 Å². The summed E-state index contributed by atoms with van der Waals surface area (Å²) in [5.74, 6) is -0.791. The van der Waals surface area contributed by atoms with Crippen LogP contribution in [0.4, 0.5) is 0 Å². The molecule has 0 spiro atoms. The molecule has 0 saturated heterocycles. The van der Waals surface area contributed by atoms with Gasteiger partial charge in [-0.1, -0.05) is 12.1 Å². The number of fused-ring (bicyclic) bond motifs is 2. The smallest absolute Gasteiger partial charge is 0.417 e. The molecular formula is C26H28N2O6. The number of hydrogen-bond acceptors (Lipinski definition) is 6. The predicted molar refractivity (Wildman–Crippen MR) is 128 cm³/mol. The maximum absolute atomic E-state index is 12.2. The summed E-state index contributed by atoms with van der Waals surface area (Å²) in [7, 11) is 0. The Kier molecular flexibility index (Phi) is 6.77. The van der Waals surface area contributed by atoms with Crippen LogP contribution in [-0.4, -0.2) is 47.3 Å². The van der Waals surface area contributed by atoms with Crippen molar-refractivity contribution in [2.45, 2.75) is 39.9 Å². The monoisotopic (exact) mass is 464 g/mol. The fourth-order valence-corrected chi connectivity index (χ4v) is 3.73. The van der Waals surface area contributed by atoms with Crippen LogP contribution in [0.25, 0.3) is 21.8 Å². The van der Waals surface area contributed by atoms with Gasteiger partial charge in [0.05, 0.1) is 0 Å². The molecule has 2 heterocycles. The van der Waals surface area contributed by atoms with E-state index in [0.29, 0.717) is 11.5 Å². The molecule has 178 valence electrons. The first-order chi connectivity index (χ1) is 16.3. The van der Waals surface area contributed by atoms with Gasteiger partial charge in [0.1, 0.15) is 36.9 Å². The van der Waals surface area contributed by atoms with E-state index < -0.39 is 24.1 Å². The van der Waals surface area contributed by atoms with Crippen LogP contribution in [0.5, 0.6) is 11.5 Å². The molecule has 0 fully saturated rings. The summed E-state index contributed by atoms with van der Waals surface area (Å²) in [6.07, 6.45) is -1.28. The topological polar surface area (TPSA) is 103 Å². The molecule has 4 rings (SSSR count). The van der Waals surface area contributed by atoms with Gasteiger partial charge < -0.3 is 28.9 Å². The molecule has 8 heteroatoms. The van der Waals surface area contributed by atoms with Crippen molar-refractivity contribution in [1.29, 1.82) is 0 Å². The van der Waals surface area contributed by atoms with Gasteiger partial charge in [-0.05, 0) is 64.1 Å². The first kappa shape index (κ1) is 23.2. The molecule has 0 radical (unpaired) electrons. The third-order valence-corrected chi connectivity index (χ3v) is 5.25. The fraction of sp³-hybridized carbons (Fsp3) is 0.308. The number of carbonyl (C=O) groups is 2. The average Bonchev–Trinajstić information content (AvgIpc) is 3.37. The molecule has 2 aromatic carbocycles. The molecule has 2 atom stereocenters. The second kappa shape index (κ2) is 9.91. The van der Waals surface area contributed by atoms with Crippen LogP contribution >= 0.6 is 0 Å². The van der Waals surface area contributed by atoms with Gasteiger partial charge in [-0.3, -0.25) is 0 Å². The zero-order valence-electron chi connectivity index (χ0n) is 19.6. The Morgan fingerprint density at radius 2 is 1.15 bits per heavy atom. The number of nitrogens with one attached hydrogen (secondary N) is 2. The van der Waals surface area contributed by atoms with Crippen molar-refractivity contribution in [2.24, 2.45) is 0 Å². The Balaban J connectivity index is 1.24. The van der Waals surface area contributed by atoms with Crippen molar-refractivity contribution in [3.05, 3.63) is 59.9 Å². The molecule has 0 aliphatic rings. The van der Waals surface area contributed by atoms with E-state index in [9.17, 15) is 9.59 Å². The molecule has 0 saturated carbocycles. The van der Waals surface area contributed by atoms with Gasteiger partial charge in [-0.15, -0.1) is 0 Å². The molecule has 0 amide bonds. The lowest BCUT2D eigenvalue weighted by molar-refractivity contribution is -0.174. The molecule has 0 bridgehead atoms. The number of hydrogen-bond donors (Lipinski definition) is 2. The first-order valence-electron chi connectivity index (χ1n) is 11.1. The first-order valence-corrected chi connectivity index (χ1v) is 11.1. The minimum Gasteiger partial charge on any atom is -0.489 e. The zero-order valence-corrected chi connectivity index (χ0v) is 19.6. The van der Waals surface area contributed by atoms with Crippen LogP contribution in [0.15, 0.2) is 48.5 Å². The van der Waals surface area contributed by atoms with Gasteiger partial charge in [-0.2, -0.15) is 0 Å². The molecule has 8 nitrogen and oxygen atoms in total. The normalized spacial score (nSPS) is 12.9. The Morgan fingerprint density at radius 3 is 1.56 bits per heavy atom. The Morgan fingerprint density at radius 1 is 0.735 bits per heavy atom. The maximum atomic E-state index is 12.2. The van der Waals surface area contributed by atoms with Gasteiger partial charge in [0, 0.05) is 33.2 Å². The second-order valence-electron chi connectivity index (χ2n) is 8.39. The number of aromatic nitrogens is 2. The van der Waals surface area contributed by atoms with Gasteiger partial charge in [-0.25, -0.2) is 9.59 Å². The lowest BCUT2D eigenvalue weighted by atomic mass is 10.2. The van der Waals surface area contributed by atoms with Crippen LogP contribution in [0.1, 0.15) is 25.2 Å². The highest BCUT2D eigenvalue weighted by Gasteiger charge is 2.23. The van der Waals surface area contributed by atoms with E-state index in [1.54, 1.807) is 13.8 Å².